The van der Waals surface area contributed by atoms with Crippen LogP contribution in [-0.4, -0.2) is 21.5 Å². The van der Waals surface area contributed by atoms with Crippen molar-refractivity contribution in [1.29, 1.82) is 0 Å². The van der Waals surface area contributed by atoms with Gasteiger partial charge < -0.3 is 5.73 Å². The number of nitrogens with zero attached hydrogens (tertiary/aromatic N) is 3. The summed E-state index contributed by atoms with van der Waals surface area (Å²) in [7, 11) is 0. The first-order chi connectivity index (χ1) is 8.72. The van der Waals surface area contributed by atoms with Crippen molar-refractivity contribution in [2.45, 2.75) is 19.3 Å². The third-order valence-corrected chi connectivity index (χ3v) is 2.59. The largest absolute Gasteiger partial charge is 0.330 e. The summed E-state index contributed by atoms with van der Waals surface area (Å²) in [5.74, 6) is -1.32. The molecule has 0 aliphatic carbocycles. The highest BCUT2D eigenvalue weighted by Gasteiger charge is 2.12. The summed E-state index contributed by atoms with van der Waals surface area (Å²) in [6, 6.07) is 3.69. The smallest absolute Gasteiger partial charge is 0.151 e. The van der Waals surface area contributed by atoms with Crippen molar-refractivity contribution in [2.75, 3.05) is 6.54 Å². The summed E-state index contributed by atoms with van der Waals surface area (Å²) in [5, 5.41) is 7.63. The van der Waals surface area contributed by atoms with Crippen molar-refractivity contribution in [3.05, 3.63) is 41.7 Å². The van der Waals surface area contributed by atoms with E-state index in [0.29, 0.717) is 18.7 Å². The predicted molar refractivity (Wildman–Crippen MR) is 63.3 cm³/mol. The maximum Gasteiger partial charge on any atom is 0.151 e. The topological polar surface area (TPSA) is 56.7 Å². The van der Waals surface area contributed by atoms with Crippen molar-refractivity contribution >= 4 is 0 Å². The second-order valence-corrected chi connectivity index (χ2v) is 3.97. The Hall–Kier alpha value is -1.82. The Labute approximate surface area is 103 Å². The van der Waals surface area contributed by atoms with Gasteiger partial charge in [0.1, 0.15) is 5.69 Å². The molecule has 18 heavy (non-hydrogen) atoms. The SMILES string of the molecule is NCCCCc1cn(-c2c(F)cccc2F)nn1. The third kappa shape index (κ3) is 2.70. The fourth-order valence-electron chi connectivity index (χ4n) is 1.68. The van der Waals surface area contributed by atoms with Crippen LogP contribution in [0.25, 0.3) is 5.69 Å². The Kier molecular flexibility index (Phi) is 3.99. The van der Waals surface area contributed by atoms with E-state index in [1.54, 1.807) is 0 Å². The molecule has 4 nitrogen and oxygen atoms in total. The molecular formula is C12H14F2N4. The molecule has 0 atom stereocenters. The normalized spacial score (nSPS) is 10.8. The third-order valence-electron chi connectivity index (χ3n) is 2.59. The molecule has 6 heteroatoms. The molecule has 0 saturated carbocycles. The van der Waals surface area contributed by atoms with Crippen molar-refractivity contribution in [3.63, 3.8) is 0 Å². The minimum atomic E-state index is -0.659. The van der Waals surface area contributed by atoms with E-state index < -0.39 is 11.6 Å². The number of halogens is 2. The average Bonchev–Trinajstić information content (AvgIpc) is 2.78. The summed E-state index contributed by atoms with van der Waals surface area (Å²) in [6.45, 7) is 0.621. The molecule has 0 spiro atoms. The zero-order valence-corrected chi connectivity index (χ0v) is 9.81. The maximum absolute atomic E-state index is 13.5. The van der Waals surface area contributed by atoms with Crippen LogP contribution in [0.3, 0.4) is 0 Å². The molecule has 0 bridgehead atoms. The monoisotopic (exact) mass is 252 g/mol. The van der Waals surface area contributed by atoms with Gasteiger partial charge in [-0.2, -0.15) is 0 Å². The molecular weight excluding hydrogens is 238 g/mol. The van der Waals surface area contributed by atoms with Gasteiger partial charge in [-0.3, -0.25) is 0 Å². The van der Waals surface area contributed by atoms with Gasteiger partial charge >= 0.3 is 0 Å². The first kappa shape index (κ1) is 12.6. The second-order valence-electron chi connectivity index (χ2n) is 3.97. The van der Waals surface area contributed by atoms with Crippen LogP contribution in [0.1, 0.15) is 18.5 Å². The summed E-state index contributed by atoms with van der Waals surface area (Å²) in [6.07, 6.45) is 4.02. The average molecular weight is 252 g/mol. The van der Waals surface area contributed by atoms with Gasteiger partial charge in [-0.15, -0.1) is 5.10 Å². The summed E-state index contributed by atoms with van der Waals surface area (Å²) < 4.78 is 28.1. The fourth-order valence-corrected chi connectivity index (χ4v) is 1.68. The zero-order chi connectivity index (χ0) is 13.0. The molecule has 96 valence electrons. The highest BCUT2D eigenvalue weighted by molar-refractivity contribution is 5.34. The maximum atomic E-state index is 13.5. The van der Waals surface area contributed by atoms with E-state index in [1.165, 1.54) is 24.4 Å². The number of unbranched alkanes of at least 4 members (excludes halogenated alkanes) is 1. The first-order valence-corrected chi connectivity index (χ1v) is 5.78. The molecule has 0 saturated heterocycles. The Morgan fingerprint density at radius 2 is 1.89 bits per heavy atom. The fraction of sp³-hybridized carbons (Fsp3) is 0.333. The number of hydrogen-bond donors (Lipinski definition) is 1. The van der Waals surface area contributed by atoms with E-state index in [4.69, 9.17) is 5.73 Å². The van der Waals surface area contributed by atoms with Crippen LogP contribution < -0.4 is 5.73 Å². The minimum Gasteiger partial charge on any atom is -0.330 e. The van der Waals surface area contributed by atoms with Crippen LogP contribution in [0.15, 0.2) is 24.4 Å². The van der Waals surface area contributed by atoms with Gasteiger partial charge in [0.25, 0.3) is 0 Å². The zero-order valence-electron chi connectivity index (χ0n) is 9.81. The molecule has 1 heterocycles. The summed E-state index contributed by atoms with van der Waals surface area (Å²) >= 11 is 0. The van der Waals surface area contributed by atoms with Gasteiger partial charge in [0.2, 0.25) is 0 Å². The molecule has 0 fully saturated rings. The van der Waals surface area contributed by atoms with Gasteiger partial charge in [-0.05, 0) is 37.9 Å². The number of hydrogen-bond acceptors (Lipinski definition) is 3. The van der Waals surface area contributed by atoms with Gasteiger partial charge in [0.05, 0.1) is 11.9 Å². The molecule has 2 rings (SSSR count). The van der Waals surface area contributed by atoms with Crippen LogP contribution in [0, 0.1) is 11.6 Å². The van der Waals surface area contributed by atoms with E-state index in [9.17, 15) is 8.78 Å². The molecule has 0 amide bonds. The highest BCUT2D eigenvalue weighted by Crippen LogP contribution is 2.16. The lowest BCUT2D eigenvalue weighted by Gasteiger charge is -2.02. The van der Waals surface area contributed by atoms with E-state index in [0.717, 1.165) is 17.5 Å². The minimum absolute atomic E-state index is 0.199. The Morgan fingerprint density at radius 1 is 1.17 bits per heavy atom. The van der Waals surface area contributed by atoms with Gasteiger partial charge in [0.15, 0.2) is 11.6 Å². The molecule has 0 aliphatic rings. The van der Waals surface area contributed by atoms with Gasteiger partial charge in [0, 0.05) is 0 Å². The van der Waals surface area contributed by atoms with Gasteiger partial charge in [-0.25, -0.2) is 13.5 Å². The standard InChI is InChI=1S/C12H14F2N4/c13-10-5-3-6-11(14)12(10)18-8-9(16-17-18)4-1-2-7-15/h3,5-6,8H,1-2,4,7,15H2. The number of nitrogens with two attached hydrogens (primary N) is 1. The Bertz CT molecular complexity index is 504. The number of para-hydroxylation sites is 1. The van der Waals surface area contributed by atoms with Gasteiger partial charge in [-0.1, -0.05) is 11.3 Å². The Balaban J connectivity index is 2.19. The van der Waals surface area contributed by atoms with Crippen LogP contribution in [0.4, 0.5) is 8.78 Å². The van der Waals surface area contributed by atoms with Crippen molar-refractivity contribution in [3.8, 4) is 5.69 Å². The molecule has 0 aliphatic heterocycles. The number of rotatable bonds is 5. The van der Waals surface area contributed by atoms with E-state index in [1.807, 2.05) is 0 Å². The molecule has 0 radical (unpaired) electrons. The molecule has 1 aromatic heterocycles. The number of benzene rings is 1. The van der Waals surface area contributed by atoms with Crippen LogP contribution >= 0.6 is 0 Å². The lowest BCUT2D eigenvalue weighted by Crippen LogP contribution is -2.02. The molecule has 2 aromatic rings. The highest BCUT2D eigenvalue weighted by atomic mass is 19.1. The van der Waals surface area contributed by atoms with Crippen LogP contribution in [-0.2, 0) is 6.42 Å². The molecule has 0 unspecified atom stereocenters. The molecule has 2 N–H and O–H groups in total. The second kappa shape index (κ2) is 5.68. The van der Waals surface area contributed by atoms with Crippen molar-refractivity contribution in [2.24, 2.45) is 5.73 Å². The quantitative estimate of drug-likeness (QED) is 0.826. The summed E-state index contributed by atoms with van der Waals surface area (Å²) in [4.78, 5) is 0. The van der Waals surface area contributed by atoms with Crippen molar-refractivity contribution < 1.29 is 8.78 Å². The van der Waals surface area contributed by atoms with Crippen LogP contribution in [0.5, 0.6) is 0 Å². The lowest BCUT2D eigenvalue weighted by atomic mass is 10.2. The predicted octanol–water partition coefficient (Wildman–Crippen LogP) is 1.83. The number of aromatic nitrogens is 3. The lowest BCUT2D eigenvalue weighted by molar-refractivity contribution is 0.556. The molecule has 1 aromatic carbocycles. The van der Waals surface area contributed by atoms with E-state index in [2.05, 4.69) is 10.3 Å². The summed E-state index contributed by atoms with van der Waals surface area (Å²) in [5.41, 5.74) is 5.89. The first-order valence-electron chi connectivity index (χ1n) is 5.78. The van der Waals surface area contributed by atoms with Crippen LogP contribution in [0.2, 0.25) is 0 Å². The van der Waals surface area contributed by atoms with E-state index >= 15 is 0 Å². The number of aryl methyl sites for hydroxylation is 1. The van der Waals surface area contributed by atoms with Crippen molar-refractivity contribution in [1.82, 2.24) is 15.0 Å². The van der Waals surface area contributed by atoms with E-state index in [-0.39, 0.29) is 5.69 Å². The Morgan fingerprint density at radius 3 is 2.56 bits per heavy atom.